The van der Waals surface area contributed by atoms with Crippen molar-refractivity contribution in [3.8, 4) is 0 Å². The Kier molecular flexibility index (Phi) is 3.36. The molecule has 2 aliphatic rings. The van der Waals surface area contributed by atoms with Crippen LogP contribution in [0.15, 0.2) is 23.1 Å². The van der Waals surface area contributed by atoms with Crippen molar-refractivity contribution in [2.45, 2.75) is 29.3 Å². The number of ether oxygens (including phenoxy) is 1. The molecule has 1 atom stereocenters. The van der Waals surface area contributed by atoms with Crippen LogP contribution in [0, 0.1) is 0 Å². The maximum atomic E-state index is 10.2. The van der Waals surface area contributed by atoms with Crippen molar-refractivity contribution < 1.29 is 9.84 Å². The van der Waals surface area contributed by atoms with Gasteiger partial charge in [0, 0.05) is 11.4 Å². The Morgan fingerprint density at radius 3 is 2.94 bits per heavy atom. The minimum absolute atomic E-state index is 0.272. The van der Waals surface area contributed by atoms with Gasteiger partial charge in [0.05, 0.1) is 24.7 Å². The van der Waals surface area contributed by atoms with Crippen LogP contribution in [0.5, 0.6) is 0 Å². The number of hydrogen-bond donors (Lipinski definition) is 2. The van der Waals surface area contributed by atoms with Gasteiger partial charge in [0.2, 0.25) is 0 Å². The molecule has 98 valence electrons. The van der Waals surface area contributed by atoms with Gasteiger partial charge in [-0.05, 0) is 35.8 Å². The maximum absolute atomic E-state index is 10.2. The molecule has 2 heterocycles. The van der Waals surface area contributed by atoms with Crippen LogP contribution in [-0.2, 0) is 16.6 Å². The molecule has 18 heavy (non-hydrogen) atoms. The van der Waals surface area contributed by atoms with E-state index in [-0.39, 0.29) is 12.0 Å². The van der Waals surface area contributed by atoms with E-state index in [1.807, 2.05) is 11.8 Å². The number of benzene rings is 1. The molecular weight excluding hydrogens is 246 g/mol. The highest BCUT2D eigenvalue weighted by atomic mass is 32.2. The fourth-order valence-electron chi connectivity index (χ4n) is 2.77. The van der Waals surface area contributed by atoms with E-state index in [1.165, 1.54) is 28.2 Å². The molecule has 0 bridgehead atoms. The van der Waals surface area contributed by atoms with E-state index in [4.69, 9.17) is 10.5 Å². The predicted octanol–water partition coefficient (Wildman–Crippen LogP) is 1.31. The van der Waals surface area contributed by atoms with Crippen molar-refractivity contribution >= 4 is 11.8 Å². The molecule has 0 aromatic heterocycles. The third kappa shape index (κ3) is 1.88. The largest absolute Gasteiger partial charge is 0.391 e. The second-order valence-electron chi connectivity index (χ2n) is 5.17. The molecule has 0 spiro atoms. The molecule has 1 aromatic carbocycles. The lowest BCUT2D eigenvalue weighted by Crippen LogP contribution is -2.57. The molecule has 3 rings (SSSR count). The standard InChI is InChI=1S/C14H19NO2S/c15-7-13(16)14(8-17-9-14)11-3-4-12-10(6-11)2-1-5-18-12/h3-4,6,13,16H,1-2,5,7-9,15H2. The van der Waals surface area contributed by atoms with Gasteiger partial charge in [-0.1, -0.05) is 12.1 Å². The Morgan fingerprint density at radius 2 is 2.28 bits per heavy atom. The van der Waals surface area contributed by atoms with Gasteiger partial charge in [0.25, 0.3) is 0 Å². The fourth-order valence-corrected chi connectivity index (χ4v) is 3.79. The van der Waals surface area contributed by atoms with Crippen molar-refractivity contribution in [1.82, 2.24) is 0 Å². The normalized spacial score (nSPS) is 23.0. The van der Waals surface area contributed by atoms with Crippen molar-refractivity contribution in [3.63, 3.8) is 0 Å². The molecular formula is C14H19NO2S. The second kappa shape index (κ2) is 4.85. The highest BCUT2D eigenvalue weighted by Gasteiger charge is 2.46. The number of aryl methyl sites for hydroxylation is 1. The Morgan fingerprint density at radius 1 is 1.44 bits per heavy atom. The number of hydrogen-bond acceptors (Lipinski definition) is 4. The van der Waals surface area contributed by atoms with Gasteiger partial charge in [-0.3, -0.25) is 0 Å². The topological polar surface area (TPSA) is 55.5 Å². The first-order valence-corrected chi connectivity index (χ1v) is 7.47. The summed E-state index contributed by atoms with van der Waals surface area (Å²) < 4.78 is 5.34. The average molecular weight is 265 g/mol. The molecule has 4 heteroatoms. The number of aliphatic hydroxyl groups excluding tert-OH is 1. The van der Waals surface area contributed by atoms with Gasteiger partial charge < -0.3 is 15.6 Å². The Bertz CT molecular complexity index is 445. The first kappa shape index (κ1) is 12.5. The van der Waals surface area contributed by atoms with E-state index in [0.29, 0.717) is 13.2 Å². The third-order valence-corrected chi connectivity index (χ3v) is 5.27. The van der Waals surface area contributed by atoms with Crippen LogP contribution >= 0.6 is 11.8 Å². The van der Waals surface area contributed by atoms with E-state index < -0.39 is 6.10 Å². The molecule has 2 aliphatic heterocycles. The molecule has 1 unspecified atom stereocenters. The van der Waals surface area contributed by atoms with E-state index in [1.54, 1.807) is 0 Å². The van der Waals surface area contributed by atoms with Crippen LogP contribution in [0.2, 0.25) is 0 Å². The van der Waals surface area contributed by atoms with Crippen LogP contribution in [0.3, 0.4) is 0 Å². The molecule has 1 aromatic rings. The van der Waals surface area contributed by atoms with Gasteiger partial charge in [-0.25, -0.2) is 0 Å². The van der Waals surface area contributed by atoms with Crippen LogP contribution in [-0.4, -0.2) is 36.7 Å². The quantitative estimate of drug-likeness (QED) is 0.865. The van der Waals surface area contributed by atoms with Gasteiger partial charge in [0.1, 0.15) is 0 Å². The van der Waals surface area contributed by atoms with Crippen LogP contribution in [0.4, 0.5) is 0 Å². The van der Waals surface area contributed by atoms with E-state index >= 15 is 0 Å². The zero-order valence-electron chi connectivity index (χ0n) is 10.4. The summed E-state index contributed by atoms with van der Waals surface area (Å²) in [4.78, 5) is 1.39. The van der Waals surface area contributed by atoms with Crippen molar-refractivity contribution in [1.29, 1.82) is 0 Å². The molecule has 1 saturated heterocycles. The summed E-state index contributed by atoms with van der Waals surface area (Å²) in [6.45, 7) is 1.45. The minimum atomic E-state index is -0.513. The Balaban J connectivity index is 1.96. The van der Waals surface area contributed by atoms with E-state index in [2.05, 4.69) is 18.2 Å². The summed E-state index contributed by atoms with van der Waals surface area (Å²) in [6.07, 6.45) is 1.87. The van der Waals surface area contributed by atoms with Crippen molar-refractivity contribution in [2.75, 3.05) is 25.5 Å². The summed E-state index contributed by atoms with van der Waals surface area (Å²) in [5.41, 5.74) is 7.97. The molecule has 0 amide bonds. The Hall–Kier alpha value is -0.550. The average Bonchev–Trinajstić information content (AvgIpc) is 2.37. The lowest BCUT2D eigenvalue weighted by molar-refractivity contribution is -0.116. The minimum Gasteiger partial charge on any atom is -0.391 e. The molecule has 3 nitrogen and oxygen atoms in total. The van der Waals surface area contributed by atoms with Crippen molar-refractivity contribution in [3.05, 3.63) is 29.3 Å². The summed E-state index contributed by atoms with van der Waals surface area (Å²) in [6, 6.07) is 6.58. The smallest absolute Gasteiger partial charge is 0.0803 e. The first-order chi connectivity index (χ1) is 8.76. The zero-order chi connectivity index (χ0) is 12.6. The van der Waals surface area contributed by atoms with Gasteiger partial charge in [0.15, 0.2) is 0 Å². The summed E-state index contributed by atoms with van der Waals surface area (Å²) >= 11 is 1.93. The summed E-state index contributed by atoms with van der Waals surface area (Å²) in [7, 11) is 0. The van der Waals surface area contributed by atoms with Crippen LogP contribution in [0.1, 0.15) is 17.5 Å². The molecule has 1 fully saturated rings. The number of fused-ring (bicyclic) bond motifs is 1. The van der Waals surface area contributed by atoms with Crippen molar-refractivity contribution in [2.24, 2.45) is 5.73 Å². The molecule has 0 saturated carbocycles. The lowest BCUT2D eigenvalue weighted by atomic mass is 9.73. The highest BCUT2D eigenvalue weighted by molar-refractivity contribution is 7.99. The van der Waals surface area contributed by atoms with Gasteiger partial charge in [-0.15, -0.1) is 11.8 Å². The number of thioether (sulfide) groups is 1. The predicted molar refractivity (Wildman–Crippen MR) is 73.0 cm³/mol. The molecule has 3 N–H and O–H groups in total. The summed E-state index contributed by atoms with van der Waals surface area (Å²) in [5, 5.41) is 10.2. The number of aliphatic hydroxyl groups is 1. The second-order valence-corrected chi connectivity index (χ2v) is 6.31. The van der Waals surface area contributed by atoms with E-state index in [0.717, 1.165) is 6.42 Å². The van der Waals surface area contributed by atoms with Gasteiger partial charge in [-0.2, -0.15) is 0 Å². The Labute approximate surface area is 112 Å². The molecule has 0 radical (unpaired) electrons. The monoisotopic (exact) mass is 265 g/mol. The highest BCUT2D eigenvalue weighted by Crippen LogP contribution is 2.39. The number of rotatable bonds is 3. The fraction of sp³-hybridized carbons (Fsp3) is 0.571. The van der Waals surface area contributed by atoms with Crippen LogP contribution < -0.4 is 5.73 Å². The first-order valence-electron chi connectivity index (χ1n) is 6.48. The third-order valence-electron chi connectivity index (χ3n) is 4.06. The molecule has 0 aliphatic carbocycles. The number of nitrogens with two attached hydrogens (primary N) is 1. The zero-order valence-corrected chi connectivity index (χ0v) is 11.2. The summed E-state index contributed by atoms with van der Waals surface area (Å²) in [5.74, 6) is 1.21. The van der Waals surface area contributed by atoms with Gasteiger partial charge >= 0.3 is 0 Å². The maximum Gasteiger partial charge on any atom is 0.0803 e. The lowest BCUT2D eigenvalue weighted by Gasteiger charge is -2.45. The van der Waals surface area contributed by atoms with Crippen LogP contribution in [0.25, 0.3) is 0 Å². The SMILES string of the molecule is NCC(O)C1(c2ccc3c(c2)CCCS3)COC1. The van der Waals surface area contributed by atoms with E-state index in [9.17, 15) is 5.11 Å².